The zero-order valence-corrected chi connectivity index (χ0v) is 20.5. The number of aryl methyl sites for hydroxylation is 1. The van der Waals surface area contributed by atoms with Crippen LogP contribution in [0.3, 0.4) is 0 Å². The van der Waals surface area contributed by atoms with Gasteiger partial charge in [0.05, 0.1) is 16.9 Å². The van der Waals surface area contributed by atoms with E-state index in [1.807, 2.05) is 68.4 Å². The van der Waals surface area contributed by atoms with Crippen molar-refractivity contribution < 1.29 is 17.4 Å². The molecule has 0 bridgehead atoms. The molecule has 34 heavy (non-hydrogen) atoms. The molecule has 3 aromatic carbocycles. The number of hydrogen-bond donors (Lipinski definition) is 1. The fourth-order valence-corrected chi connectivity index (χ4v) is 5.77. The molecule has 0 fully saturated rings. The SMILES string of the molecule is CCCNC(=O)C1(c2ccccc2)CCC(COS(=O)(=O)c2ccc(C)cc2)c2ccccc21. The van der Waals surface area contributed by atoms with Gasteiger partial charge in [0.15, 0.2) is 0 Å². The highest BCUT2D eigenvalue weighted by Crippen LogP contribution is 2.47. The first-order valence-electron chi connectivity index (χ1n) is 11.8. The Kier molecular flexibility index (Phi) is 7.19. The van der Waals surface area contributed by atoms with Crippen LogP contribution in [0.25, 0.3) is 0 Å². The van der Waals surface area contributed by atoms with Gasteiger partial charge in [-0.25, -0.2) is 0 Å². The predicted molar refractivity (Wildman–Crippen MR) is 133 cm³/mol. The van der Waals surface area contributed by atoms with Gasteiger partial charge in [-0.05, 0) is 55.0 Å². The Morgan fingerprint density at radius 2 is 1.68 bits per heavy atom. The molecule has 5 nitrogen and oxygen atoms in total. The molecule has 178 valence electrons. The van der Waals surface area contributed by atoms with Gasteiger partial charge in [-0.15, -0.1) is 0 Å². The van der Waals surface area contributed by atoms with Crippen LogP contribution < -0.4 is 5.32 Å². The third-order valence-corrected chi connectivity index (χ3v) is 7.95. The van der Waals surface area contributed by atoms with Gasteiger partial charge in [0, 0.05) is 12.5 Å². The molecule has 1 N–H and O–H groups in total. The molecule has 0 spiro atoms. The molecule has 0 saturated carbocycles. The number of fused-ring (bicyclic) bond motifs is 1. The van der Waals surface area contributed by atoms with E-state index in [-0.39, 0.29) is 23.3 Å². The normalized spacial score (nSPS) is 19.9. The maximum Gasteiger partial charge on any atom is 0.296 e. The van der Waals surface area contributed by atoms with Gasteiger partial charge in [0.25, 0.3) is 10.1 Å². The van der Waals surface area contributed by atoms with E-state index >= 15 is 0 Å². The van der Waals surface area contributed by atoms with Crippen LogP contribution in [0.4, 0.5) is 0 Å². The summed E-state index contributed by atoms with van der Waals surface area (Å²) in [5.74, 6) is -0.146. The zero-order valence-electron chi connectivity index (χ0n) is 19.7. The molecule has 0 radical (unpaired) electrons. The summed E-state index contributed by atoms with van der Waals surface area (Å²) in [5, 5.41) is 3.11. The number of rotatable bonds is 8. The van der Waals surface area contributed by atoms with Crippen molar-refractivity contribution in [2.45, 2.75) is 49.3 Å². The molecule has 0 heterocycles. The maximum absolute atomic E-state index is 13.6. The Balaban J connectivity index is 1.68. The first kappa shape index (κ1) is 24.2. The number of hydrogen-bond acceptors (Lipinski definition) is 4. The molecule has 3 aromatic rings. The van der Waals surface area contributed by atoms with Gasteiger partial charge in [-0.1, -0.05) is 79.2 Å². The molecule has 2 unspecified atom stereocenters. The van der Waals surface area contributed by atoms with Crippen molar-refractivity contribution in [3.63, 3.8) is 0 Å². The largest absolute Gasteiger partial charge is 0.355 e. The maximum atomic E-state index is 13.6. The Hall–Kier alpha value is -2.96. The second kappa shape index (κ2) is 10.1. The van der Waals surface area contributed by atoms with Crippen molar-refractivity contribution in [2.24, 2.45) is 0 Å². The van der Waals surface area contributed by atoms with E-state index < -0.39 is 15.5 Å². The van der Waals surface area contributed by atoms with Gasteiger partial charge in [0.1, 0.15) is 0 Å². The second-order valence-corrected chi connectivity index (χ2v) is 10.5. The lowest BCUT2D eigenvalue weighted by atomic mass is 9.63. The van der Waals surface area contributed by atoms with Gasteiger partial charge in [0.2, 0.25) is 5.91 Å². The molecular formula is C28H31NO4S. The van der Waals surface area contributed by atoms with Crippen molar-refractivity contribution in [2.75, 3.05) is 13.2 Å². The molecule has 2 atom stereocenters. The average Bonchev–Trinajstić information content (AvgIpc) is 2.86. The number of carbonyl (C=O) groups is 1. The van der Waals surface area contributed by atoms with E-state index in [1.54, 1.807) is 24.3 Å². The molecule has 0 aliphatic heterocycles. The van der Waals surface area contributed by atoms with Crippen LogP contribution in [0, 0.1) is 6.92 Å². The minimum absolute atomic E-state index is 0.0142. The van der Waals surface area contributed by atoms with Crippen LogP contribution in [0.15, 0.2) is 83.8 Å². The van der Waals surface area contributed by atoms with Gasteiger partial charge < -0.3 is 5.32 Å². The lowest BCUT2D eigenvalue weighted by molar-refractivity contribution is -0.126. The average molecular weight is 478 g/mol. The van der Waals surface area contributed by atoms with E-state index in [0.29, 0.717) is 19.4 Å². The number of carbonyl (C=O) groups excluding carboxylic acids is 1. The summed E-state index contributed by atoms with van der Waals surface area (Å²) in [5.41, 5.74) is 2.99. The summed E-state index contributed by atoms with van der Waals surface area (Å²) < 4.78 is 31.1. The highest BCUT2D eigenvalue weighted by molar-refractivity contribution is 7.86. The highest BCUT2D eigenvalue weighted by atomic mass is 32.2. The number of nitrogens with one attached hydrogen (secondary N) is 1. The standard InChI is InChI=1S/C28H31NO4S/c1-3-19-29-27(30)28(23-9-5-4-6-10-23)18-17-22(25-11-7-8-12-26(25)28)20-33-34(31,32)24-15-13-21(2)14-16-24/h4-16,22H,3,17-20H2,1-2H3,(H,29,30). The van der Waals surface area contributed by atoms with E-state index in [1.165, 1.54) is 0 Å². The van der Waals surface area contributed by atoms with Crippen LogP contribution in [-0.4, -0.2) is 27.5 Å². The van der Waals surface area contributed by atoms with Crippen LogP contribution >= 0.6 is 0 Å². The summed E-state index contributed by atoms with van der Waals surface area (Å²) in [6, 6.07) is 24.4. The Morgan fingerprint density at radius 3 is 2.38 bits per heavy atom. The third kappa shape index (κ3) is 4.65. The molecule has 1 aliphatic carbocycles. The molecule has 0 saturated heterocycles. The zero-order chi connectivity index (χ0) is 24.2. The van der Waals surface area contributed by atoms with Crippen LogP contribution in [-0.2, 0) is 24.5 Å². The van der Waals surface area contributed by atoms with Gasteiger partial charge >= 0.3 is 0 Å². The lowest BCUT2D eigenvalue weighted by Gasteiger charge is -2.41. The summed E-state index contributed by atoms with van der Waals surface area (Å²) in [7, 11) is -3.87. The van der Waals surface area contributed by atoms with Crippen LogP contribution in [0.5, 0.6) is 0 Å². The van der Waals surface area contributed by atoms with Crippen molar-refractivity contribution in [1.82, 2.24) is 5.32 Å². The van der Waals surface area contributed by atoms with Crippen LogP contribution in [0.2, 0.25) is 0 Å². The summed E-state index contributed by atoms with van der Waals surface area (Å²) >= 11 is 0. The fourth-order valence-electron chi connectivity index (χ4n) is 4.82. The summed E-state index contributed by atoms with van der Waals surface area (Å²) in [6.45, 7) is 4.59. The van der Waals surface area contributed by atoms with Crippen molar-refractivity contribution >= 4 is 16.0 Å². The van der Waals surface area contributed by atoms with Crippen molar-refractivity contribution in [1.29, 1.82) is 0 Å². The molecule has 6 heteroatoms. The second-order valence-electron chi connectivity index (χ2n) is 8.90. The number of amides is 1. The molecule has 0 aromatic heterocycles. The first-order valence-corrected chi connectivity index (χ1v) is 13.2. The first-order chi connectivity index (χ1) is 16.4. The topological polar surface area (TPSA) is 72.5 Å². The van der Waals surface area contributed by atoms with Gasteiger partial charge in [-0.2, -0.15) is 8.42 Å². The van der Waals surface area contributed by atoms with Crippen LogP contribution in [0.1, 0.15) is 54.4 Å². The minimum Gasteiger partial charge on any atom is -0.355 e. The Labute approximate surface area is 202 Å². The smallest absolute Gasteiger partial charge is 0.296 e. The van der Waals surface area contributed by atoms with E-state index in [0.717, 1.165) is 28.7 Å². The van der Waals surface area contributed by atoms with E-state index in [9.17, 15) is 13.2 Å². The van der Waals surface area contributed by atoms with E-state index in [4.69, 9.17) is 4.18 Å². The summed E-state index contributed by atoms with van der Waals surface area (Å²) in [4.78, 5) is 13.8. The number of benzene rings is 3. The summed E-state index contributed by atoms with van der Waals surface area (Å²) in [6.07, 6.45) is 2.06. The highest BCUT2D eigenvalue weighted by Gasteiger charge is 2.47. The molecule has 1 amide bonds. The molecule has 4 rings (SSSR count). The third-order valence-electron chi connectivity index (χ3n) is 6.65. The lowest BCUT2D eigenvalue weighted by Crippen LogP contribution is -2.48. The van der Waals surface area contributed by atoms with E-state index in [2.05, 4.69) is 5.32 Å². The van der Waals surface area contributed by atoms with Crippen molar-refractivity contribution in [3.05, 3.63) is 101 Å². The monoisotopic (exact) mass is 477 g/mol. The Morgan fingerprint density at radius 1 is 1.00 bits per heavy atom. The minimum atomic E-state index is -3.87. The fraction of sp³-hybridized carbons (Fsp3) is 0.321. The molecular weight excluding hydrogens is 446 g/mol. The Bertz CT molecular complexity index is 1240. The van der Waals surface area contributed by atoms with Gasteiger partial charge in [-0.3, -0.25) is 8.98 Å². The predicted octanol–water partition coefficient (Wildman–Crippen LogP) is 5.09. The quantitative estimate of drug-likeness (QED) is 0.459. The molecule has 1 aliphatic rings. The van der Waals surface area contributed by atoms with Crippen molar-refractivity contribution in [3.8, 4) is 0 Å².